The summed E-state index contributed by atoms with van der Waals surface area (Å²) >= 11 is 2.06. The summed E-state index contributed by atoms with van der Waals surface area (Å²) < 4.78 is 11.9. The molecule has 0 aliphatic carbocycles. The Balaban J connectivity index is 1.73. The van der Waals surface area contributed by atoms with Crippen molar-refractivity contribution >= 4 is 51.9 Å². The molecule has 2 amide bonds. The van der Waals surface area contributed by atoms with Gasteiger partial charge in [0.25, 0.3) is 11.8 Å². The van der Waals surface area contributed by atoms with Crippen molar-refractivity contribution in [1.29, 1.82) is 5.26 Å². The highest BCUT2D eigenvalue weighted by Gasteiger charge is 2.15. The Morgan fingerprint density at radius 2 is 1.67 bits per heavy atom. The fourth-order valence-corrected chi connectivity index (χ4v) is 4.05. The van der Waals surface area contributed by atoms with Gasteiger partial charge in [0.1, 0.15) is 11.6 Å². The maximum atomic E-state index is 12.6. The Labute approximate surface area is 224 Å². The van der Waals surface area contributed by atoms with Crippen LogP contribution in [-0.2, 0) is 9.59 Å². The topological polar surface area (TPSA) is 100 Å². The van der Waals surface area contributed by atoms with E-state index < -0.39 is 5.91 Å². The van der Waals surface area contributed by atoms with E-state index in [1.807, 2.05) is 57.2 Å². The van der Waals surface area contributed by atoms with Crippen LogP contribution in [0, 0.1) is 35.7 Å². The largest absolute Gasteiger partial charge is 0.493 e. The highest BCUT2D eigenvalue weighted by atomic mass is 127. The summed E-state index contributed by atoms with van der Waals surface area (Å²) in [6.07, 6.45) is 1.48. The number of ether oxygens (including phenoxy) is 2. The lowest BCUT2D eigenvalue weighted by atomic mass is 10.1. The number of anilines is 2. The fourth-order valence-electron chi connectivity index (χ4n) is 3.27. The molecule has 7 nitrogen and oxygen atoms in total. The molecule has 0 atom stereocenters. The average molecular weight is 595 g/mol. The van der Waals surface area contributed by atoms with Crippen LogP contribution < -0.4 is 20.1 Å². The second-order valence-corrected chi connectivity index (χ2v) is 9.32. The van der Waals surface area contributed by atoms with Crippen molar-refractivity contribution < 1.29 is 19.1 Å². The lowest BCUT2D eigenvalue weighted by Gasteiger charge is -2.14. The van der Waals surface area contributed by atoms with Gasteiger partial charge in [0.15, 0.2) is 18.1 Å². The summed E-state index contributed by atoms with van der Waals surface area (Å²) in [4.78, 5) is 25.0. The standard InChI is InChI=1S/C28H26IN3O4/c1-17-5-8-22(9-6-17)32-28(34)21(15-30)12-20-13-24(29)27(25(14-20)35-4)36-16-26(33)31-23-10-7-18(2)19(3)11-23/h5-14H,16H2,1-4H3,(H,31,33)(H,32,34)/b21-12-. The highest BCUT2D eigenvalue weighted by Crippen LogP contribution is 2.34. The Hall–Kier alpha value is -3.84. The third kappa shape index (κ3) is 7.09. The third-order valence-corrected chi connectivity index (χ3v) is 6.18. The summed E-state index contributed by atoms with van der Waals surface area (Å²) in [5, 5.41) is 15.1. The molecular weight excluding hydrogens is 569 g/mol. The van der Waals surface area contributed by atoms with Crippen molar-refractivity contribution in [2.75, 3.05) is 24.4 Å². The van der Waals surface area contributed by atoms with Crippen LogP contribution in [0.2, 0.25) is 0 Å². The Morgan fingerprint density at radius 3 is 2.31 bits per heavy atom. The van der Waals surface area contributed by atoms with E-state index in [1.54, 1.807) is 24.3 Å². The number of carbonyl (C=O) groups is 2. The van der Waals surface area contributed by atoms with Gasteiger partial charge >= 0.3 is 0 Å². The van der Waals surface area contributed by atoms with Crippen LogP contribution in [0.5, 0.6) is 11.5 Å². The minimum atomic E-state index is -0.515. The van der Waals surface area contributed by atoms with Crippen molar-refractivity contribution in [1.82, 2.24) is 0 Å². The fraction of sp³-hybridized carbons (Fsp3) is 0.179. The smallest absolute Gasteiger partial charge is 0.266 e. The molecule has 0 aliphatic heterocycles. The zero-order chi connectivity index (χ0) is 26.2. The molecule has 0 saturated carbocycles. The maximum absolute atomic E-state index is 12.6. The quantitative estimate of drug-likeness (QED) is 0.195. The van der Waals surface area contributed by atoms with Gasteiger partial charge in [-0.1, -0.05) is 23.8 Å². The predicted molar refractivity (Wildman–Crippen MR) is 149 cm³/mol. The lowest BCUT2D eigenvalue weighted by molar-refractivity contribution is -0.118. The van der Waals surface area contributed by atoms with E-state index in [4.69, 9.17) is 9.47 Å². The predicted octanol–water partition coefficient (Wildman–Crippen LogP) is 5.79. The van der Waals surface area contributed by atoms with E-state index in [2.05, 4.69) is 33.2 Å². The summed E-state index contributed by atoms with van der Waals surface area (Å²) in [6, 6.07) is 18.3. The van der Waals surface area contributed by atoms with E-state index in [0.29, 0.717) is 32.0 Å². The van der Waals surface area contributed by atoms with Crippen LogP contribution in [0.25, 0.3) is 6.08 Å². The summed E-state index contributed by atoms with van der Waals surface area (Å²) in [5.41, 5.74) is 5.11. The number of hydrogen-bond acceptors (Lipinski definition) is 5. The number of hydrogen-bond donors (Lipinski definition) is 2. The van der Waals surface area contributed by atoms with Gasteiger partial charge in [-0.15, -0.1) is 0 Å². The number of benzene rings is 3. The van der Waals surface area contributed by atoms with Gasteiger partial charge < -0.3 is 20.1 Å². The minimum Gasteiger partial charge on any atom is -0.493 e. The van der Waals surface area contributed by atoms with Crippen LogP contribution in [0.1, 0.15) is 22.3 Å². The Morgan fingerprint density at radius 1 is 0.972 bits per heavy atom. The molecule has 0 bridgehead atoms. The van der Waals surface area contributed by atoms with Crippen molar-refractivity contribution in [2.24, 2.45) is 0 Å². The summed E-state index contributed by atoms with van der Waals surface area (Å²) in [6.45, 7) is 5.73. The van der Waals surface area contributed by atoms with Gasteiger partial charge in [0, 0.05) is 11.4 Å². The molecule has 184 valence electrons. The molecule has 2 N–H and O–H groups in total. The molecule has 36 heavy (non-hydrogen) atoms. The zero-order valence-electron chi connectivity index (χ0n) is 20.4. The normalized spacial score (nSPS) is 10.8. The highest BCUT2D eigenvalue weighted by molar-refractivity contribution is 14.1. The molecule has 0 spiro atoms. The molecule has 0 aromatic heterocycles. The van der Waals surface area contributed by atoms with Gasteiger partial charge in [-0.05, 0) is 103 Å². The number of methoxy groups -OCH3 is 1. The monoisotopic (exact) mass is 595 g/mol. The van der Waals surface area contributed by atoms with Gasteiger partial charge in [-0.25, -0.2) is 0 Å². The average Bonchev–Trinajstić information content (AvgIpc) is 2.85. The Bertz CT molecular complexity index is 1360. The van der Waals surface area contributed by atoms with Crippen molar-refractivity contribution in [3.63, 3.8) is 0 Å². The van der Waals surface area contributed by atoms with E-state index >= 15 is 0 Å². The number of rotatable bonds is 8. The molecule has 0 radical (unpaired) electrons. The van der Waals surface area contributed by atoms with Crippen LogP contribution >= 0.6 is 22.6 Å². The van der Waals surface area contributed by atoms with Crippen LogP contribution in [0.4, 0.5) is 11.4 Å². The van der Waals surface area contributed by atoms with Gasteiger partial charge in [0.05, 0.1) is 10.7 Å². The maximum Gasteiger partial charge on any atom is 0.266 e. The molecule has 3 aromatic carbocycles. The number of aryl methyl sites for hydroxylation is 3. The molecule has 0 aliphatic rings. The summed E-state index contributed by atoms with van der Waals surface area (Å²) in [7, 11) is 1.48. The summed E-state index contributed by atoms with van der Waals surface area (Å²) in [5.74, 6) is -0.0465. The first-order valence-corrected chi connectivity index (χ1v) is 12.1. The van der Waals surface area contributed by atoms with Crippen LogP contribution in [-0.4, -0.2) is 25.5 Å². The number of nitrogens with one attached hydrogen (secondary N) is 2. The van der Waals surface area contributed by atoms with E-state index in [9.17, 15) is 14.9 Å². The number of nitrogens with zero attached hydrogens (tertiary/aromatic N) is 1. The molecule has 0 fully saturated rings. The zero-order valence-corrected chi connectivity index (χ0v) is 22.6. The molecule has 3 rings (SSSR count). The van der Waals surface area contributed by atoms with E-state index in [-0.39, 0.29) is 18.1 Å². The minimum absolute atomic E-state index is 0.0603. The SMILES string of the molecule is COc1cc(/C=C(/C#N)C(=O)Nc2ccc(C)cc2)cc(I)c1OCC(=O)Nc1ccc(C)c(C)c1. The van der Waals surface area contributed by atoms with Crippen molar-refractivity contribution in [3.05, 3.63) is 86.0 Å². The van der Waals surface area contributed by atoms with Gasteiger partial charge in [0.2, 0.25) is 0 Å². The number of halogens is 1. The molecule has 0 saturated heterocycles. The second kappa shape index (κ2) is 12.2. The molecule has 0 heterocycles. The lowest BCUT2D eigenvalue weighted by Crippen LogP contribution is -2.20. The van der Waals surface area contributed by atoms with Gasteiger partial charge in [-0.3, -0.25) is 9.59 Å². The first-order chi connectivity index (χ1) is 17.2. The first-order valence-electron chi connectivity index (χ1n) is 11.1. The first kappa shape index (κ1) is 26.8. The number of amides is 2. The second-order valence-electron chi connectivity index (χ2n) is 8.16. The molecule has 0 unspecified atom stereocenters. The molecular formula is C28H26IN3O4. The van der Waals surface area contributed by atoms with Crippen molar-refractivity contribution in [2.45, 2.75) is 20.8 Å². The van der Waals surface area contributed by atoms with Crippen molar-refractivity contribution in [3.8, 4) is 17.6 Å². The molecule has 8 heteroatoms. The van der Waals surface area contributed by atoms with E-state index in [0.717, 1.165) is 16.7 Å². The van der Waals surface area contributed by atoms with Crippen LogP contribution in [0.3, 0.4) is 0 Å². The Kier molecular flexibility index (Phi) is 9.08. The van der Waals surface area contributed by atoms with Gasteiger partial charge in [-0.2, -0.15) is 5.26 Å². The van der Waals surface area contributed by atoms with Crippen LogP contribution in [0.15, 0.2) is 60.2 Å². The molecule has 3 aromatic rings. The number of nitriles is 1. The third-order valence-electron chi connectivity index (χ3n) is 5.38. The number of carbonyl (C=O) groups excluding carboxylic acids is 2. The van der Waals surface area contributed by atoms with E-state index in [1.165, 1.54) is 13.2 Å².